The minimum Gasteiger partial charge on any atom is -0.377 e. The summed E-state index contributed by atoms with van der Waals surface area (Å²) >= 11 is 0. The Morgan fingerprint density at radius 2 is 2.11 bits per heavy atom. The lowest BCUT2D eigenvalue weighted by atomic mass is 10.0. The number of aryl methyl sites for hydroxylation is 3. The predicted octanol–water partition coefficient (Wildman–Crippen LogP) is 3.80. The molecule has 92 valence electrons. The van der Waals surface area contributed by atoms with Gasteiger partial charge >= 0.3 is 0 Å². The second-order valence-corrected chi connectivity index (χ2v) is 5.13. The number of pyridine rings is 1. The molecular weight excluding hydrogens is 220 g/mol. The van der Waals surface area contributed by atoms with Gasteiger partial charge in [0, 0.05) is 6.20 Å². The molecule has 2 heteroatoms. The molecule has 1 aromatic heterocycles. The van der Waals surface area contributed by atoms with Crippen LogP contribution in [-0.2, 0) is 6.42 Å². The summed E-state index contributed by atoms with van der Waals surface area (Å²) in [5.74, 6) is 0. The summed E-state index contributed by atoms with van der Waals surface area (Å²) in [6.45, 7) is 4.28. The fourth-order valence-electron chi connectivity index (χ4n) is 2.67. The lowest BCUT2D eigenvalue weighted by molar-refractivity contribution is 0.760. The maximum Gasteiger partial charge on any atom is 0.0561 e. The molecular formula is C16H18N2. The van der Waals surface area contributed by atoms with Crippen LogP contribution in [0.25, 0.3) is 0 Å². The number of anilines is 1. The minimum absolute atomic E-state index is 0.433. The zero-order chi connectivity index (χ0) is 12.5. The molecule has 0 bridgehead atoms. The fraction of sp³-hybridized carbons (Fsp3) is 0.312. The summed E-state index contributed by atoms with van der Waals surface area (Å²) < 4.78 is 0. The molecule has 1 aliphatic carbocycles. The molecule has 0 aliphatic heterocycles. The SMILES string of the molecule is Cc1ccc2c(c1)C(Nc1cnccc1C)CC2. The van der Waals surface area contributed by atoms with Gasteiger partial charge in [0.15, 0.2) is 0 Å². The Hall–Kier alpha value is -1.83. The van der Waals surface area contributed by atoms with Gasteiger partial charge in [-0.1, -0.05) is 23.8 Å². The predicted molar refractivity (Wildman–Crippen MR) is 74.8 cm³/mol. The zero-order valence-electron chi connectivity index (χ0n) is 10.9. The quantitative estimate of drug-likeness (QED) is 0.860. The van der Waals surface area contributed by atoms with Gasteiger partial charge in [-0.2, -0.15) is 0 Å². The maximum atomic E-state index is 4.20. The van der Waals surface area contributed by atoms with Crippen LogP contribution in [0.5, 0.6) is 0 Å². The molecule has 0 saturated carbocycles. The molecule has 0 radical (unpaired) electrons. The van der Waals surface area contributed by atoms with Gasteiger partial charge in [0.1, 0.15) is 0 Å². The number of hydrogen-bond acceptors (Lipinski definition) is 2. The van der Waals surface area contributed by atoms with E-state index in [1.54, 1.807) is 0 Å². The summed E-state index contributed by atoms with van der Waals surface area (Å²) in [4.78, 5) is 4.20. The molecule has 0 fully saturated rings. The highest BCUT2D eigenvalue weighted by Crippen LogP contribution is 2.34. The van der Waals surface area contributed by atoms with Gasteiger partial charge < -0.3 is 5.32 Å². The molecule has 1 unspecified atom stereocenters. The van der Waals surface area contributed by atoms with Crippen LogP contribution in [0, 0.1) is 13.8 Å². The zero-order valence-corrected chi connectivity index (χ0v) is 10.9. The second-order valence-electron chi connectivity index (χ2n) is 5.13. The van der Waals surface area contributed by atoms with Crippen LogP contribution in [0.1, 0.15) is 34.7 Å². The van der Waals surface area contributed by atoms with Crippen LogP contribution in [-0.4, -0.2) is 4.98 Å². The van der Waals surface area contributed by atoms with E-state index in [2.05, 4.69) is 48.4 Å². The van der Waals surface area contributed by atoms with Crippen LogP contribution < -0.4 is 5.32 Å². The summed E-state index contributed by atoms with van der Waals surface area (Å²) in [6.07, 6.45) is 6.11. The Bertz CT molecular complexity index is 575. The van der Waals surface area contributed by atoms with Crippen molar-refractivity contribution in [2.75, 3.05) is 5.32 Å². The summed E-state index contributed by atoms with van der Waals surface area (Å²) in [5.41, 5.74) is 6.69. The minimum atomic E-state index is 0.433. The molecule has 1 aromatic carbocycles. The molecule has 2 aromatic rings. The molecule has 3 rings (SSSR count). The molecule has 2 nitrogen and oxygen atoms in total. The van der Waals surface area contributed by atoms with E-state index in [1.165, 1.54) is 35.1 Å². The van der Waals surface area contributed by atoms with Crippen molar-refractivity contribution < 1.29 is 0 Å². The Kier molecular flexibility index (Phi) is 2.78. The van der Waals surface area contributed by atoms with Crippen molar-refractivity contribution in [1.82, 2.24) is 4.98 Å². The topological polar surface area (TPSA) is 24.9 Å². The molecule has 18 heavy (non-hydrogen) atoms. The molecule has 1 N–H and O–H groups in total. The Morgan fingerprint density at radius 3 is 2.94 bits per heavy atom. The number of nitrogens with zero attached hydrogens (tertiary/aromatic N) is 1. The van der Waals surface area contributed by atoms with Crippen molar-refractivity contribution in [3.8, 4) is 0 Å². The van der Waals surface area contributed by atoms with Crippen molar-refractivity contribution in [2.24, 2.45) is 0 Å². The Morgan fingerprint density at radius 1 is 1.22 bits per heavy atom. The van der Waals surface area contributed by atoms with E-state index in [0.29, 0.717) is 6.04 Å². The second kappa shape index (κ2) is 4.45. The summed E-state index contributed by atoms with van der Waals surface area (Å²) in [7, 11) is 0. The third-order valence-corrected chi connectivity index (χ3v) is 3.75. The van der Waals surface area contributed by atoms with Crippen molar-refractivity contribution in [1.29, 1.82) is 0 Å². The highest BCUT2D eigenvalue weighted by atomic mass is 14.9. The van der Waals surface area contributed by atoms with Crippen LogP contribution in [0.3, 0.4) is 0 Å². The smallest absolute Gasteiger partial charge is 0.0561 e. The number of aromatic nitrogens is 1. The van der Waals surface area contributed by atoms with Crippen LogP contribution in [0.2, 0.25) is 0 Å². The van der Waals surface area contributed by atoms with E-state index in [-0.39, 0.29) is 0 Å². The molecule has 0 saturated heterocycles. The highest BCUT2D eigenvalue weighted by Gasteiger charge is 2.22. The number of fused-ring (bicyclic) bond motifs is 1. The Balaban J connectivity index is 1.89. The monoisotopic (exact) mass is 238 g/mol. The van der Waals surface area contributed by atoms with Crippen molar-refractivity contribution in [2.45, 2.75) is 32.7 Å². The highest BCUT2D eigenvalue weighted by molar-refractivity contribution is 5.52. The number of benzene rings is 1. The lowest BCUT2D eigenvalue weighted by Crippen LogP contribution is -2.08. The summed E-state index contributed by atoms with van der Waals surface area (Å²) in [6, 6.07) is 9.27. The molecule has 0 spiro atoms. The molecule has 1 aliphatic rings. The first-order valence-corrected chi connectivity index (χ1v) is 6.50. The first kappa shape index (κ1) is 11.3. The van der Waals surface area contributed by atoms with Gasteiger partial charge in [-0.25, -0.2) is 0 Å². The van der Waals surface area contributed by atoms with Crippen molar-refractivity contribution in [3.05, 3.63) is 58.9 Å². The van der Waals surface area contributed by atoms with Gasteiger partial charge in [-0.05, 0) is 49.4 Å². The largest absolute Gasteiger partial charge is 0.377 e. The summed E-state index contributed by atoms with van der Waals surface area (Å²) in [5, 5.41) is 3.63. The van der Waals surface area contributed by atoms with Gasteiger partial charge in [0.25, 0.3) is 0 Å². The van der Waals surface area contributed by atoms with Gasteiger partial charge in [0.2, 0.25) is 0 Å². The Labute approximate surface area is 108 Å². The van der Waals surface area contributed by atoms with E-state index in [9.17, 15) is 0 Å². The van der Waals surface area contributed by atoms with E-state index >= 15 is 0 Å². The molecule has 1 atom stereocenters. The number of hydrogen-bond donors (Lipinski definition) is 1. The third kappa shape index (κ3) is 1.99. The number of rotatable bonds is 2. The maximum absolute atomic E-state index is 4.20. The van der Waals surface area contributed by atoms with Crippen molar-refractivity contribution in [3.63, 3.8) is 0 Å². The van der Waals surface area contributed by atoms with Crippen LogP contribution in [0.15, 0.2) is 36.7 Å². The van der Waals surface area contributed by atoms with E-state index in [4.69, 9.17) is 0 Å². The van der Waals surface area contributed by atoms with Crippen molar-refractivity contribution >= 4 is 5.69 Å². The van der Waals surface area contributed by atoms with Crippen LogP contribution in [0.4, 0.5) is 5.69 Å². The standard InChI is InChI=1S/C16H18N2/c1-11-3-4-13-5-6-15(14(13)9-11)18-16-10-17-8-7-12(16)2/h3-4,7-10,15,18H,5-6H2,1-2H3. The van der Waals surface area contributed by atoms with E-state index < -0.39 is 0 Å². The molecule has 1 heterocycles. The van der Waals surface area contributed by atoms with Gasteiger partial charge in [0.05, 0.1) is 17.9 Å². The normalized spacial score (nSPS) is 17.6. The average molecular weight is 238 g/mol. The first-order chi connectivity index (χ1) is 8.74. The number of nitrogens with one attached hydrogen (secondary N) is 1. The third-order valence-electron chi connectivity index (χ3n) is 3.75. The first-order valence-electron chi connectivity index (χ1n) is 6.50. The molecule has 0 amide bonds. The van der Waals surface area contributed by atoms with Gasteiger partial charge in [-0.15, -0.1) is 0 Å². The van der Waals surface area contributed by atoms with Crippen LogP contribution >= 0.6 is 0 Å². The van der Waals surface area contributed by atoms with E-state index in [0.717, 1.165) is 5.69 Å². The fourth-order valence-corrected chi connectivity index (χ4v) is 2.67. The average Bonchev–Trinajstić information content (AvgIpc) is 2.75. The van der Waals surface area contributed by atoms with E-state index in [1.807, 2.05) is 12.4 Å². The lowest BCUT2D eigenvalue weighted by Gasteiger charge is -2.17. The van der Waals surface area contributed by atoms with Gasteiger partial charge in [-0.3, -0.25) is 4.98 Å².